The van der Waals surface area contributed by atoms with Crippen LogP contribution in [0.25, 0.3) is 0 Å². The fourth-order valence-corrected chi connectivity index (χ4v) is 0.766. The SMILES string of the molecule is O=C1C[C@@H](O)CCN1. The molecular weight excluding hydrogens is 106 g/mol. The first kappa shape index (κ1) is 5.56. The normalized spacial score (nSPS) is 29.6. The number of carbonyl (C=O) groups is 1. The lowest BCUT2D eigenvalue weighted by molar-refractivity contribution is -0.124. The first-order chi connectivity index (χ1) is 3.79. The Hall–Kier alpha value is -0.570. The molecule has 0 unspecified atom stereocenters. The van der Waals surface area contributed by atoms with Crippen LogP contribution in [0.5, 0.6) is 0 Å². The molecule has 8 heavy (non-hydrogen) atoms. The highest BCUT2D eigenvalue weighted by Crippen LogP contribution is 2.00. The van der Waals surface area contributed by atoms with Gasteiger partial charge in [0.05, 0.1) is 12.5 Å². The fraction of sp³-hybridized carbons (Fsp3) is 0.800. The second kappa shape index (κ2) is 2.13. The molecule has 1 aliphatic heterocycles. The zero-order chi connectivity index (χ0) is 5.98. The van der Waals surface area contributed by atoms with Crippen LogP contribution in [0.4, 0.5) is 0 Å². The van der Waals surface area contributed by atoms with Crippen molar-refractivity contribution in [3.05, 3.63) is 0 Å². The topological polar surface area (TPSA) is 49.3 Å². The second-order valence-corrected chi connectivity index (χ2v) is 2.00. The molecule has 1 heterocycles. The molecule has 0 saturated carbocycles. The van der Waals surface area contributed by atoms with Crippen LogP contribution < -0.4 is 5.32 Å². The minimum Gasteiger partial charge on any atom is -0.393 e. The van der Waals surface area contributed by atoms with Gasteiger partial charge in [-0.15, -0.1) is 0 Å². The van der Waals surface area contributed by atoms with Crippen LogP contribution in [0.15, 0.2) is 0 Å². The Kier molecular flexibility index (Phi) is 1.48. The molecule has 1 saturated heterocycles. The quantitative estimate of drug-likeness (QED) is 0.436. The average Bonchev–Trinajstić information content (AvgIpc) is 1.64. The Bertz CT molecular complexity index is 103. The van der Waals surface area contributed by atoms with Crippen molar-refractivity contribution in [2.45, 2.75) is 18.9 Å². The number of carbonyl (C=O) groups excluding carboxylic acids is 1. The lowest BCUT2D eigenvalue weighted by atomic mass is 10.1. The van der Waals surface area contributed by atoms with Crippen molar-refractivity contribution >= 4 is 5.91 Å². The van der Waals surface area contributed by atoms with Gasteiger partial charge >= 0.3 is 0 Å². The van der Waals surface area contributed by atoms with E-state index in [1.807, 2.05) is 0 Å². The van der Waals surface area contributed by atoms with E-state index in [0.717, 1.165) is 0 Å². The molecule has 0 aromatic carbocycles. The summed E-state index contributed by atoms with van der Waals surface area (Å²) in [6.45, 7) is 0.625. The number of aliphatic hydroxyl groups excluding tert-OH is 1. The summed E-state index contributed by atoms with van der Waals surface area (Å²) in [6.07, 6.45) is 0.579. The highest BCUT2D eigenvalue weighted by Gasteiger charge is 2.14. The zero-order valence-electron chi connectivity index (χ0n) is 4.55. The Balaban J connectivity index is 2.34. The highest BCUT2D eigenvalue weighted by molar-refractivity contribution is 5.77. The zero-order valence-corrected chi connectivity index (χ0v) is 4.55. The summed E-state index contributed by atoms with van der Waals surface area (Å²) in [5.41, 5.74) is 0. The summed E-state index contributed by atoms with van der Waals surface area (Å²) in [6, 6.07) is 0. The monoisotopic (exact) mass is 115 g/mol. The molecule has 1 atom stereocenters. The minimum absolute atomic E-state index is 0.0382. The predicted molar refractivity (Wildman–Crippen MR) is 28.3 cm³/mol. The summed E-state index contributed by atoms with van der Waals surface area (Å²) in [7, 11) is 0. The van der Waals surface area contributed by atoms with Gasteiger partial charge in [0, 0.05) is 6.54 Å². The van der Waals surface area contributed by atoms with E-state index >= 15 is 0 Å². The van der Waals surface area contributed by atoms with Crippen molar-refractivity contribution in [3.63, 3.8) is 0 Å². The summed E-state index contributed by atoms with van der Waals surface area (Å²) in [4.78, 5) is 10.4. The Labute approximate surface area is 47.7 Å². The molecule has 1 amide bonds. The predicted octanol–water partition coefficient (Wildman–Crippen LogP) is -0.743. The molecule has 0 aliphatic carbocycles. The third-order valence-corrected chi connectivity index (χ3v) is 1.22. The van der Waals surface area contributed by atoms with E-state index in [9.17, 15) is 4.79 Å². The van der Waals surface area contributed by atoms with Gasteiger partial charge in [-0.1, -0.05) is 0 Å². The van der Waals surface area contributed by atoms with Crippen molar-refractivity contribution in [1.82, 2.24) is 5.32 Å². The fourth-order valence-electron chi connectivity index (χ4n) is 0.766. The molecular formula is C5H9NO2. The van der Waals surface area contributed by atoms with Gasteiger partial charge in [-0.25, -0.2) is 0 Å². The maximum absolute atomic E-state index is 10.4. The number of nitrogens with one attached hydrogen (secondary N) is 1. The molecule has 46 valence electrons. The van der Waals surface area contributed by atoms with E-state index in [0.29, 0.717) is 13.0 Å². The van der Waals surface area contributed by atoms with Gasteiger partial charge < -0.3 is 10.4 Å². The Morgan fingerprint density at radius 2 is 2.50 bits per heavy atom. The number of aliphatic hydroxyl groups is 1. The van der Waals surface area contributed by atoms with Crippen LogP contribution in [0.1, 0.15) is 12.8 Å². The van der Waals surface area contributed by atoms with E-state index in [1.165, 1.54) is 0 Å². The van der Waals surface area contributed by atoms with E-state index in [1.54, 1.807) is 0 Å². The van der Waals surface area contributed by atoms with Crippen LogP contribution in [0.2, 0.25) is 0 Å². The van der Waals surface area contributed by atoms with Crippen LogP contribution in [-0.4, -0.2) is 23.7 Å². The number of hydrogen-bond donors (Lipinski definition) is 2. The first-order valence-electron chi connectivity index (χ1n) is 2.74. The van der Waals surface area contributed by atoms with Crippen LogP contribution >= 0.6 is 0 Å². The number of amides is 1. The van der Waals surface area contributed by atoms with Gasteiger partial charge in [-0.05, 0) is 6.42 Å². The summed E-state index contributed by atoms with van der Waals surface area (Å²) < 4.78 is 0. The van der Waals surface area contributed by atoms with E-state index in [2.05, 4.69) is 5.32 Å². The molecule has 3 nitrogen and oxygen atoms in total. The van der Waals surface area contributed by atoms with Crippen LogP contribution in [-0.2, 0) is 4.79 Å². The van der Waals surface area contributed by atoms with Gasteiger partial charge in [0.1, 0.15) is 0 Å². The van der Waals surface area contributed by atoms with E-state index < -0.39 is 6.10 Å². The summed E-state index contributed by atoms with van der Waals surface area (Å²) in [5.74, 6) is -0.0382. The van der Waals surface area contributed by atoms with Crippen LogP contribution in [0, 0.1) is 0 Å². The molecule has 1 rings (SSSR count). The third kappa shape index (κ3) is 1.20. The van der Waals surface area contributed by atoms with Crippen LogP contribution in [0.3, 0.4) is 0 Å². The lowest BCUT2D eigenvalue weighted by Gasteiger charge is -2.15. The standard InChI is InChI=1S/C5H9NO2/c7-4-1-2-6-5(8)3-4/h4,7H,1-3H2,(H,6,8)/t4-/m0/s1. The van der Waals surface area contributed by atoms with Crippen molar-refractivity contribution in [2.75, 3.05) is 6.54 Å². The maximum Gasteiger partial charge on any atom is 0.222 e. The lowest BCUT2D eigenvalue weighted by Crippen LogP contribution is -2.35. The van der Waals surface area contributed by atoms with Crippen molar-refractivity contribution < 1.29 is 9.90 Å². The van der Waals surface area contributed by atoms with Gasteiger partial charge in [0.15, 0.2) is 0 Å². The molecule has 3 heteroatoms. The number of rotatable bonds is 0. The molecule has 0 radical (unpaired) electrons. The van der Waals surface area contributed by atoms with Gasteiger partial charge in [0.25, 0.3) is 0 Å². The second-order valence-electron chi connectivity index (χ2n) is 2.00. The van der Waals surface area contributed by atoms with Gasteiger partial charge in [-0.2, -0.15) is 0 Å². The molecule has 0 spiro atoms. The Morgan fingerprint density at radius 1 is 1.75 bits per heavy atom. The van der Waals surface area contributed by atoms with E-state index in [-0.39, 0.29) is 12.3 Å². The molecule has 2 N–H and O–H groups in total. The average molecular weight is 115 g/mol. The first-order valence-corrected chi connectivity index (χ1v) is 2.74. The van der Waals surface area contributed by atoms with Crippen molar-refractivity contribution in [1.29, 1.82) is 0 Å². The summed E-state index contributed by atoms with van der Waals surface area (Å²) in [5, 5.41) is 11.4. The smallest absolute Gasteiger partial charge is 0.222 e. The molecule has 0 aromatic rings. The maximum atomic E-state index is 10.4. The molecule has 1 fully saturated rings. The van der Waals surface area contributed by atoms with Gasteiger partial charge in [-0.3, -0.25) is 4.79 Å². The minimum atomic E-state index is -0.399. The largest absolute Gasteiger partial charge is 0.393 e. The van der Waals surface area contributed by atoms with Gasteiger partial charge in [0.2, 0.25) is 5.91 Å². The molecule has 0 bridgehead atoms. The molecule has 1 aliphatic rings. The van der Waals surface area contributed by atoms with E-state index in [4.69, 9.17) is 5.11 Å². The Morgan fingerprint density at radius 3 is 2.88 bits per heavy atom. The van der Waals surface area contributed by atoms with Crippen molar-refractivity contribution in [3.8, 4) is 0 Å². The summed E-state index contributed by atoms with van der Waals surface area (Å²) >= 11 is 0. The van der Waals surface area contributed by atoms with Crippen molar-refractivity contribution in [2.24, 2.45) is 0 Å². The highest BCUT2D eigenvalue weighted by atomic mass is 16.3. The third-order valence-electron chi connectivity index (χ3n) is 1.22. The molecule has 0 aromatic heterocycles. The number of piperidine rings is 1. The number of hydrogen-bond acceptors (Lipinski definition) is 2.